The Morgan fingerprint density at radius 3 is 2.17 bits per heavy atom. The van der Waals surface area contributed by atoms with Gasteiger partial charge in [-0.1, -0.05) is 5.92 Å². The Kier molecular flexibility index (Phi) is 8.87. The first-order chi connectivity index (χ1) is 11.9. The molecule has 6 nitrogen and oxygen atoms in total. The first-order valence-corrected chi connectivity index (χ1v) is 8.08. The van der Waals surface area contributed by atoms with E-state index in [4.69, 9.17) is 34.8 Å². The molecule has 0 bridgehead atoms. The first kappa shape index (κ1) is 18.4. The summed E-state index contributed by atoms with van der Waals surface area (Å²) in [5, 5.41) is 0. The summed E-state index contributed by atoms with van der Waals surface area (Å²) in [4.78, 5) is 0. The van der Waals surface area contributed by atoms with Crippen LogP contribution in [-0.2, 0) is 28.4 Å². The second-order valence-electron chi connectivity index (χ2n) is 4.99. The highest BCUT2D eigenvalue weighted by Gasteiger charge is 2.13. The van der Waals surface area contributed by atoms with Crippen LogP contribution in [0, 0.1) is 12.3 Å². The summed E-state index contributed by atoms with van der Waals surface area (Å²) in [6, 6.07) is 0. The van der Waals surface area contributed by atoms with Crippen molar-refractivity contribution < 1.29 is 28.4 Å². The van der Waals surface area contributed by atoms with Crippen molar-refractivity contribution >= 4 is 0 Å². The van der Waals surface area contributed by atoms with Crippen molar-refractivity contribution in [2.24, 2.45) is 0 Å². The summed E-state index contributed by atoms with van der Waals surface area (Å²) in [5.74, 6) is 4.01. The zero-order valence-corrected chi connectivity index (χ0v) is 13.8. The summed E-state index contributed by atoms with van der Waals surface area (Å²) in [5.41, 5.74) is 0.608. The normalized spacial score (nSPS) is 25.2. The standard InChI is InChI=1S/C18H24O6/c1-2-16-3-4-17-18(24-14-13-23-17)5-6-19-7-8-20-9-10-21-11-12-22-15-16/h1,3-4,15H,5-14H2/b4-3-,16-15-. The third-order valence-corrected chi connectivity index (χ3v) is 3.25. The topological polar surface area (TPSA) is 55.4 Å². The van der Waals surface area contributed by atoms with Crippen LogP contribution in [0.1, 0.15) is 6.42 Å². The van der Waals surface area contributed by atoms with Crippen LogP contribution in [0.5, 0.6) is 0 Å². The van der Waals surface area contributed by atoms with E-state index in [0.717, 1.165) is 5.76 Å². The minimum atomic E-state index is 0.426. The van der Waals surface area contributed by atoms with Gasteiger partial charge in [0.25, 0.3) is 0 Å². The smallest absolute Gasteiger partial charge is 0.157 e. The Labute approximate surface area is 143 Å². The lowest BCUT2D eigenvalue weighted by Gasteiger charge is -2.20. The largest absolute Gasteiger partial charge is 0.497 e. The zero-order valence-electron chi connectivity index (χ0n) is 13.8. The molecule has 0 aromatic carbocycles. The minimum absolute atomic E-state index is 0.426. The van der Waals surface area contributed by atoms with Gasteiger partial charge in [-0.05, 0) is 12.2 Å². The molecule has 132 valence electrons. The van der Waals surface area contributed by atoms with Crippen LogP contribution in [0.4, 0.5) is 0 Å². The second kappa shape index (κ2) is 11.6. The number of rotatable bonds is 0. The van der Waals surface area contributed by atoms with Gasteiger partial charge < -0.3 is 28.4 Å². The van der Waals surface area contributed by atoms with Crippen LogP contribution in [-0.4, -0.2) is 59.5 Å². The van der Waals surface area contributed by atoms with Gasteiger partial charge in [0.1, 0.15) is 25.6 Å². The molecule has 0 saturated heterocycles. The van der Waals surface area contributed by atoms with Crippen molar-refractivity contribution in [2.75, 3.05) is 59.5 Å². The molecule has 0 saturated carbocycles. The molecule has 24 heavy (non-hydrogen) atoms. The fourth-order valence-corrected chi connectivity index (χ4v) is 2.05. The molecule has 0 aromatic heterocycles. The minimum Gasteiger partial charge on any atom is -0.497 e. The van der Waals surface area contributed by atoms with E-state index in [1.807, 2.05) is 0 Å². The van der Waals surface area contributed by atoms with E-state index in [1.165, 1.54) is 6.26 Å². The van der Waals surface area contributed by atoms with Crippen LogP contribution in [0.2, 0.25) is 0 Å². The van der Waals surface area contributed by atoms with Crippen LogP contribution in [0.25, 0.3) is 0 Å². The van der Waals surface area contributed by atoms with E-state index < -0.39 is 0 Å². The molecule has 2 aliphatic heterocycles. The highest BCUT2D eigenvalue weighted by molar-refractivity contribution is 5.37. The average molecular weight is 336 g/mol. The number of terminal acetylenes is 1. The molecule has 0 aromatic rings. The van der Waals surface area contributed by atoms with Gasteiger partial charge in [-0.25, -0.2) is 0 Å². The maximum absolute atomic E-state index is 5.67. The molecule has 0 amide bonds. The van der Waals surface area contributed by atoms with Crippen molar-refractivity contribution in [2.45, 2.75) is 6.42 Å². The predicted molar refractivity (Wildman–Crippen MR) is 88.0 cm³/mol. The van der Waals surface area contributed by atoms with E-state index in [9.17, 15) is 0 Å². The molecule has 0 aliphatic carbocycles. The Balaban J connectivity index is 2.01. The fraction of sp³-hybridized carbons (Fsp3) is 0.556. The van der Waals surface area contributed by atoms with Gasteiger partial charge in [0.15, 0.2) is 5.76 Å². The van der Waals surface area contributed by atoms with Crippen molar-refractivity contribution in [3.05, 3.63) is 35.5 Å². The number of hydrogen-bond acceptors (Lipinski definition) is 6. The molecule has 0 spiro atoms. The summed E-state index contributed by atoms with van der Waals surface area (Å²) in [6.07, 6.45) is 11.2. The first-order valence-electron chi connectivity index (χ1n) is 8.08. The van der Waals surface area contributed by atoms with E-state index in [2.05, 4.69) is 5.92 Å². The van der Waals surface area contributed by atoms with Crippen LogP contribution in [0.3, 0.4) is 0 Å². The molecule has 0 radical (unpaired) electrons. The molecule has 0 unspecified atom stereocenters. The monoisotopic (exact) mass is 336 g/mol. The quantitative estimate of drug-likeness (QED) is 0.629. The van der Waals surface area contributed by atoms with Gasteiger partial charge in [0, 0.05) is 6.42 Å². The lowest BCUT2D eigenvalue weighted by molar-refractivity contribution is 0.00311. The summed E-state index contributed by atoms with van der Waals surface area (Å²) >= 11 is 0. The van der Waals surface area contributed by atoms with E-state index in [-0.39, 0.29) is 0 Å². The van der Waals surface area contributed by atoms with Crippen molar-refractivity contribution in [1.82, 2.24) is 0 Å². The molecule has 0 fully saturated rings. The number of allylic oxidation sites excluding steroid dienone is 3. The predicted octanol–water partition coefficient (Wildman–Crippen LogP) is 1.79. The van der Waals surface area contributed by atoms with Gasteiger partial charge in [0.2, 0.25) is 0 Å². The summed E-state index contributed by atoms with van der Waals surface area (Å²) in [7, 11) is 0. The van der Waals surface area contributed by atoms with Gasteiger partial charge >= 0.3 is 0 Å². The second-order valence-corrected chi connectivity index (χ2v) is 4.99. The molecule has 0 N–H and O–H groups in total. The molecule has 0 atom stereocenters. The van der Waals surface area contributed by atoms with E-state index >= 15 is 0 Å². The van der Waals surface area contributed by atoms with Crippen LogP contribution < -0.4 is 0 Å². The van der Waals surface area contributed by atoms with Gasteiger partial charge in [0.05, 0.1) is 51.5 Å². The molecule has 2 rings (SSSR count). The highest BCUT2D eigenvalue weighted by atomic mass is 16.6. The summed E-state index contributed by atoms with van der Waals surface area (Å²) in [6.45, 7) is 4.62. The molecular formula is C18H24O6. The maximum Gasteiger partial charge on any atom is 0.157 e. The Morgan fingerprint density at radius 1 is 0.750 bits per heavy atom. The average Bonchev–Trinajstić information content (AvgIpc) is 2.61. The zero-order chi connectivity index (χ0) is 16.9. The number of ether oxygens (including phenoxy) is 6. The SMILES string of the molecule is C#CC1=C/OCCOCCOCCOCCC2=C(/C=C\1)OCCO2. The third kappa shape index (κ3) is 7.09. The van der Waals surface area contributed by atoms with Gasteiger partial charge in [-0.3, -0.25) is 0 Å². The molecule has 6 heteroatoms. The molecule has 2 aliphatic rings. The Morgan fingerprint density at radius 2 is 1.42 bits per heavy atom. The Bertz CT molecular complexity index is 500. The molecular weight excluding hydrogens is 312 g/mol. The van der Waals surface area contributed by atoms with E-state index in [1.54, 1.807) is 12.2 Å². The third-order valence-electron chi connectivity index (χ3n) is 3.25. The van der Waals surface area contributed by atoms with E-state index in [0.29, 0.717) is 77.2 Å². The number of hydrogen-bond donors (Lipinski definition) is 0. The van der Waals surface area contributed by atoms with Crippen molar-refractivity contribution in [1.29, 1.82) is 0 Å². The lowest BCUT2D eigenvalue weighted by atomic mass is 10.2. The Hall–Kier alpha value is -1.94. The maximum atomic E-state index is 5.67. The van der Waals surface area contributed by atoms with Crippen molar-refractivity contribution in [3.8, 4) is 12.3 Å². The van der Waals surface area contributed by atoms with Gasteiger partial charge in [-0.2, -0.15) is 0 Å². The van der Waals surface area contributed by atoms with Crippen LogP contribution in [0.15, 0.2) is 35.5 Å². The molecule has 2 heterocycles. The summed E-state index contributed by atoms with van der Waals surface area (Å²) < 4.78 is 33.0. The highest BCUT2D eigenvalue weighted by Crippen LogP contribution is 2.18. The van der Waals surface area contributed by atoms with Crippen molar-refractivity contribution in [3.63, 3.8) is 0 Å². The lowest BCUT2D eigenvalue weighted by Crippen LogP contribution is -2.15. The van der Waals surface area contributed by atoms with Gasteiger partial charge in [-0.15, -0.1) is 6.42 Å². The fourth-order valence-electron chi connectivity index (χ4n) is 2.05. The van der Waals surface area contributed by atoms with Crippen LogP contribution >= 0.6 is 0 Å².